The Hall–Kier alpha value is -4.05. The monoisotopic (exact) mass is 700 g/mol. The van der Waals surface area contributed by atoms with Gasteiger partial charge in [0, 0.05) is 5.56 Å². The maximum Gasteiger partial charge on any atom is 0.433 e. The average Bonchev–Trinajstić information content (AvgIpc) is 3.54. The summed E-state index contributed by atoms with van der Waals surface area (Å²) >= 11 is 0.836. The zero-order valence-corrected chi connectivity index (χ0v) is 25.6. The van der Waals surface area contributed by atoms with Gasteiger partial charge in [-0.1, -0.05) is 17.4 Å². The van der Waals surface area contributed by atoms with Gasteiger partial charge < -0.3 is 25.8 Å². The van der Waals surface area contributed by atoms with Gasteiger partial charge in [-0.2, -0.15) is 36.2 Å². The predicted octanol–water partition coefficient (Wildman–Crippen LogP) is 3.59. The Morgan fingerprint density at radius 3 is 2.20 bits per heavy atom. The molecule has 0 bridgehead atoms. The number of nitrogen functional groups attached to an aromatic ring is 1. The minimum absolute atomic E-state index is 0.0110. The molecule has 21 heteroatoms. The van der Waals surface area contributed by atoms with E-state index in [1.165, 1.54) is 20.8 Å². The van der Waals surface area contributed by atoms with Crippen LogP contribution in [0.1, 0.15) is 41.2 Å². The van der Waals surface area contributed by atoms with Gasteiger partial charge in [-0.25, -0.2) is 27.7 Å². The van der Waals surface area contributed by atoms with Crippen molar-refractivity contribution in [3.05, 3.63) is 53.0 Å². The number of aliphatic hydroxyl groups is 2. The van der Waals surface area contributed by atoms with Gasteiger partial charge in [-0.3, -0.25) is 0 Å². The maximum atomic E-state index is 13.4. The molecular formula is C25H26F6N6O7S2. The maximum absolute atomic E-state index is 13.4. The van der Waals surface area contributed by atoms with Crippen molar-refractivity contribution < 1.29 is 59.6 Å². The molecule has 0 radical (unpaired) electrons. The molecular weight excluding hydrogens is 674 g/mol. The largest absolute Gasteiger partial charge is 0.493 e. The standard InChI is InChI=1S/C17H11F6N3O3.C8H15N3O4S2/c1-2-29-12-5-8(3-4-10(12)16(18,19)20)11-6-13(17(21,22)23)26-14(25-11)9(7-24-26)15(27)28;1-5-6(16-7(9)10-5)17(14,15)11-8(2,3-12)4-13/h3-7H,2H2,1H3,(H,27,28);11-13H,3-4H2,1-2H3,(H2,9,10). The summed E-state index contributed by atoms with van der Waals surface area (Å²) in [6.07, 6.45) is -8.95. The summed E-state index contributed by atoms with van der Waals surface area (Å²) in [4.78, 5) is 18.9. The molecule has 46 heavy (non-hydrogen) atoms. The van der Waals surface area contributed by atoms with Crippen LogP contribution < -0.4 is 15.2 Å². The second kappa shape index (κ2) is 13.4. The number of anilines is 1. The summed E-state index contributed by atoms with van der Waals surface area (Å²) in [5.74, 6) is -2.14. The van der Waals surface area contributed by atoms with Gasteiger partial charge in [-0.05, 0) is 39.0 Å². The number of rotatable bonds is 9. The van der Waals surface area contributed by atoms with Crippen molar-refractivity contribution in [1.29, 1.82) is 0 Å². The first-order valence-corrected chi connectivity index (χ1v) is 15.0. The number of fused-ring (bicyclic) bond motifs is 1. The van der Waals surface area contributed by atoms with E-state index in [1.54, 1.807) is 0 Å². The van der Waals surface area contributed by atoms with Crippen LogP contribution in [-0.2, 0) is 22.4 Å². The van der Waals surface area contributed by atoms with Crippen molar-refractivity contribution >= 4 is 38.1 Å². The van der Waals surface area contributed by atoms with Gasteiger partial charge in [0.1, 0.15) is 11.3 Å². The number of nitrogens with zero attached hydrogens (tertiary/aromatic N) is 4. The number of thiazole rings is 1. The topological polar surface area (TPSA) is 202 Å². The third-order valence-corrected chi connectivity index (χ3v) is 9.20. The highest BCUT2D eigenvalue weighted by Gasteiger charge is 2.37. The van der Waals surface area contributed by atoms with Crippen molar-refractivity contribution in [2.75, 3.05) is 25.6 Å². The summed E-state index contributed by atoms with van der Waals surface area (Å²) in [5.41, 5.74) is 0.273. The Kier molecular flexibility index (Phi) is 10.6. The Bertz CT molecular complexity index is 1840. The Labute approximate surface area is 260 Å². The zero-order valence-electron chi connectivity index (χ0n) is 23.9. The van der Waals surface area contributed by atoms with E-state index in [2.05, 4.69) is 19.8 Å². The first-order valence-electron chi connectivity index (χ1n) is 12.7. The number of hydrogen-bond acceptors (Lipinski definition) is 11. The number of alkyl halides is 6. The third-order valence-electron chi connectivity index (χ3n) is 5.97. The van der Waals surface area contributed by atoms with E-state index in [4.69, 9.17) is 25.8 Å². The number of aromatic carboxylic acids is 1. The number of benzene rings is 1. The van der Waals surface area contributed by atoms with Crippen LogP contribution in [0, 0.1) is 6.92 Å². The van der Waals surface area contributed by atoms with Gasteiger partial charge >= 0.3 is 18.3 Å². The molecule has 0 unspecified atom stereocenters. The van der Waals surface area contributed by atoms with E-state index in [9.17, 15) is 39.6 Å². The highest BCUT2D eigenvalue weighted by molar-refractivity contribution is 7.91. The number of sulfonamides is 1. The fourth-order valence-corrected chi connectivity index (χ4v) is 6.48. The average molecular weight is 701 g/mol. The smallest absolute Gasteiger partial charge is 0.433 e. The molecule has 0 saturated carbocycles. The van der Waals surface area contributed by atoms with Crippen molar-refractivity contribution in [2.45, 2.75) is 42.9 Å². The van der Waals surface area contributed by atoms with Gasteiger partial charge in [0.2, 0.25) is 0 Å². The molecule has 0 fully saturated rings. The lowest BCUT2D eigenvalue weighted by Crippen LogP contribution is -2.51. The second-order valence-electron chi connectivity index (χ2n) is 9.67. The number of carboxylic acids is 1. The summed E-state index contributed by atoms with van der Waals surface area (Å²) in [6.45, 7) is 3.22. The second-order valence-corrected chi connectivity index (χ2v) is 12.6. The molecule has 0 aliphatic carbocycles. The van der Waals surface area contributed by atoms with E-state index < -0.39 is 75.3 Å². The molecule has 0 atom stereocenters. The summed E-state index contributed by atoms with van der Waals surface area (Å²) in [7, 11) is -3.85. The van der Waals surface area contributed by atoms with Crippen molar-refractivity contribution in [1.82, 2.24) is 24.3 Å². The number of carboxylic acid groups (broad SMARTS) is 1. The number of halogens is 6. The number of aryl methyl sites for hydroxylation is 1. The zero-order chi connectivity index (χ0) is 34.8. The molecule has 0 aliphatic rings. The fraction of sp³-hybridized carbons (Fsp3) is 0.360. The minimum Gasteiger partial charge on any atom is -0.493 e. The Morgan fingerprint density at radius 2 is 1.72 bits per heavy atom. The number of ether oxygens (including phenoxy) is 1. The summed E-state index contributed by atoms with van der Waals surface area (Å²) in [5, 5.41) is 30.8. The fourth-order valence-electron chi connectivity index (χ4n) is 3.79. The van der Waals surface area contributed by atoms with Crippen molar-refractivity contribution in [3.8, 4) is 17.0 Å². The highest BCUT2D eigenvalue weighted by Crippen LogP contribution is 2.39. The van der Waals surface area contributed by atoms with Crippen LogP contribution in [-0.4, -0.2) is 74.6 Å². The third kappa shape index (κ3) is 8.02. The Morgan fingerprint density at radius 1 is 1.09 bits per heavy atom. The van der Waals surface area contributed by atoms with Crippen LogP contribution in [0.25, 0.3) is 16.9 Å². The van der Waals surface area contributed by atoms with Crippen LogP contribution in [0.3, 0.4) is 0 Å². The molecule has 4 rings (SSSR count). The highest BCUT2D eigenvalue weighted by atomic mass is 32.2. The quantitative estimate of drug-likeness (QED) is 0.160. The molecule has 6 N–H and O–H groups in total. The molecule has 252 valence electrons. The summed E-state index contributed by atoms with van der Waals surface area (Å²) in [6, 6.07) is 3.07. The molecule has 0 saturated heterocycles. The van der Waals surface area contributed by atoms with E-state index in [1.807, 2.05) is 0 Å². The van der Waals surface area contributed by atoms with Crippen molar-refractivity contribution in [3.63, 3.8) is 0 Å². The first-order chi connectivity index (χ1) is 21.2. The first kappa shape index (κ1) is 36.4. The number of aliphatic hydroxyl groups excluding tert-OH is 2. The van der Waals surface area contributed by atoms with E-state index >= 15 is 0 Å². The minimum atomic E-state index is -4.92. The van der Waals surface area contributed by atoms with E-state index in [0.29, 0.717) is 28.5 Å². The molecule has 13 nitrogen and oxygen atoms in total. The van der Waals surface area contributed by atoms with Gasteiger partial charge in [-0.15, -0.1) is 0 Å². The van der Waals surface area contributed by atoms with Crippen LogP contribution in [0.4, 0.5) is 31.5 Å². The van der Waals surface area contributed by atoms with Gasteiger partial charge in [0.05, 0.1) is 48.5 Å². The lowest BCUT2D eigenvalue weighted by atomic mass is 10.1. The van der Waals surface area contributed by atoms with Crippen LogP contribution >= 0.6 is 11.3 Å². The molecule has 4 aromatic rings. The molecule has 1 aromatic carbocycles. The van der Waals surface area contributed by atoms with Gasteiger partial charge in [0.25, 0.3) is 10.0 Å². The number of nitrogens with one attached hydrogen (secondary N) is 1. The normalized spacial score (nSPS) is 12.6. The lowest BCUT2D eigenvalue weighted by molar-refractivity contribution is -0.142. The molecule has 0 amide bonds. The van der Waals surface area contributed by atoms with Crippen LogP contribution in [0.5, 0.6) is 5.75 Å². The lowest BCUT2D eigenvalue weighted by Gasteiger charge is -2.25. The summed E-state index contributed by atoms with van der Waals surface area (Å²) < 4.78 is 111. The molecule has 3 aromatic heterocycles. The van der Waals surface area contributed by atoms with Crippen molar-refractivity contribution in [2.24, 2.45) is 0 Å². The van der Waals surface area contributed by atoms with Gasteiger partial charge in [0.15, 0.2) is 20.7 Å². The SMILES string of the molecule is CCOc1cc(-c2cc(C(F)(F)F)n3ncc(C(=O)O)c3n2)ccc1C(F)(F)F.Cc1nc(N)sc1S(=O)(=O)NC(C)(CO)CO. The number of nitrogens with two attached hydrogens (primary N) is 1. The predicted molar refractivity (Wildman–Crippen MR) is 151 cm³/mol. The molecule has 0 spiro atoms. The molecule has 0 aliphatic heterocycles. The molecule has 3 heterocycles. The number of carbonyl (C=O) groups is 1. The van der Waals surface area contributed by atoms with E-state index in [0.717, 1.165) is 23.5 Å². The number of aromatic nitrogens is 4. The van der Waals surface area contributed by atoms with E-state index in [-0.39, 0.29) is 27.2 Å². The van der Waals surface area contributed by atoms with Crippen LogP contribution in [0.15, 0.2) is 34.7 Å². The number of hydrogen-bond donors (Lipinski definition) is 5. The van der Waals surface area contributed by atoms with Crippen LogP contribution in [0.2, 0.25) is 0 Å². The Balaban J connectivity index is 0.000000289.